The van der Waals surface area contributed by atoms with Crippen LogP contribution in [0.5, 0.6) is 5.75 Å². The normalized spacial score (nSPS) is 21.2. The van der Waals surface area contributed by atoms with E-state index in [9.17, 15) is 0 Å². The Kier molecular flexibility index (Phi) is 5.59. The van der Waals surface area contributed by atoms with Gasteiger partial charge in [-0.05, 0) is 56.0 Å². The van der Waals surface area contributed by atoms with Crippen molar-refractivity contribution in [3.05, 3.63) is 53.6 Å². The van der Waals surface area contributed by atoms with E-state index in [0.29, 0.717) is 6.61 Å². The van der Waals surface area contributed by atoms with Gasteiger partial charge in [0.1, 0.15) is 12.4 Å². The van der Waals surface area contributed by atoms with Gasteiger partial charge in [0, 0.05) is 7.11 Å². The second kappa shape index (κ2) is 7.43. The van der Waals surface area contributed by atoms with E-state index in [1.165, 1.54) is 11.1 Å². The largest absolute Gasteiger partial charge is 0.489 e. The summed E-state index contributed by atoms with van der Waals surface area (Å²) >= 11 is 0. The van der Waals surface area contributed by atoms with Gasteiger partial charge in [-0.2, -0.15) is 0 Å². The maximum absolute atomic E-state index is 5.88. The van der Waals surface area contributed by atoms with Crippen LogP contribution in [0.1, 0.15) is 25.3 Å². The molecule has 0 aliphatic heterocycles. The van der Waals surface area contributed by atoms with Crippen LogP contribution in [0, 0.1) is 0 Å². The lowest BCUT2D eigenvalue weighted by Crippen LogP contribution is -2.25. The molecule has 2 rings (SSSR count). The maximum Gasteiger partial charge on any atom is 0.120 e. The van der Waals surface area contributed by atoms with Crippen LogP contribution in [0.2, 0.25) is 0 Å². The maximum atomic E-state index is 5.88. The molecule has 1 aromatic rings. The van der Waals surface area contributed by atoms with Crippen molar-refractivity contribution in [2.45, 2.75) is 31.8 Å². The van der Waals surface area contributed by atoms with Gasteiger partial charge in [0.2, 0.25) is 0 Å². The zero-order valence-corrected chi connectivity index (χ0v) is 13.0. The smallest absolute Gasteiger partial charge is 0.120 e. The van der Waals surface area contributed by atoms with Crippen molar-refractivity contribution < 1.29 is 9.47 Å². The SMILES string of the molecule is COC1(C)C=CC(COc2cccc(CCCN)c2)=CC1. The van der Waals surface area contributed by atoms with E-state index >= 15 is 0 Å². The highest BCUT2D eigenvalue weighted by Crippen LogP contribution is 2.24. The van der Waals surface area contributed by atoms with E-state index in [0.717, 1.165) is 31.6 Å². The number of methoxy groups -OCH3 is 1. The molecule has 0 heterocycles. The first-order chi connectivity index (χ1) is 10.1. The van der Waals surface area contributed by atoms with Crippen molar-refractivity contribution in [3.63, 3.8) is 0 Å². The van der Waals surface area contributed by atoms with E-state index in [2.05, 4.69) is 37.3 Å². The molecule has 0 amide bonds. The first kappa shape index (κ1) is 15.8. The van der Waals surface area contributed by atoms with Crippen LogP contribution in [0.3, 0.4) is 0 Å². The van der Waals surface area contributed by atoms with Crippen LogP contribution in [0.25, 0.3) is 0 Å². The molecule has 21 heavy (non-hydrogen) atoms. The molecule has 0 aromatic heterocycles. The Balaban J connectivity index is 1.88. The molecule has 1 aliphatic carbocycles. The lowest BCUT2D eigenvalue weighted by Gasteiger charge is -2.26. The summed E-state index contributed by atoms with van der Waals surface area (Å²) in [6.07, 6.45) is 9.26. The molecular formula is C18H25NO2. The van der Waals surface area contributed by atoms with Crippen LogP contribution in [-0.4, -0.2) is 25.9 Å². The van der Waals surface area contributed by atoms with Gasteiger partial charge in [0.25, 0.3) is 0 Å². The zero-order valence-electron chi connectivity index (χ0n) is 13.0. The molecule has 0 spiro atoms. The average molecular weight is 287 g/mol. The third-order valence-electron chi connectivity index (χ3n) is 3.86. The Morgan fingerprint density at radius 2 is 2.19 bits per heavy atom. The summed E-state index contributed by atoms with van der Waals surface area (Å²) in [4.78, 5) is 0. The second-order valence-corrected chi connectivity index (χ2v) is 5.66. The van der Waals surface area contributed by atoms with Gasteiger partial charge in [0.05, 0.1) is 5.60 Å². The highest BCUT2D eigenvalue weighted by atomic mass is 16.5. The van der Waals surface area contributed by atoms with E-state index in [-0.39, 0.29) is 5.60 Å². The van der Waals surface area contributed by atoms with Crippen molar-refractivity contribution >= 4 is 0 Å². The Morgan fingerprint density at radius 3 is 2.86 bits per heavy atom. The molecule has 0 saturated heterocycles. The third kappa shape index (κ3) is 4.73. The molecule has 0 radical (unpaired) electrons. The Labute approximate surface area is 127 Å². The fraction of sp³-hybridized carbons (Fsp3) is 0.444. The minimum atomic E-state index is -0.175. The van der Waals surface area contributed by atoms with Gasteiger partial charge in [-0.3, -0.25) is 0 Å². The first-order valence-electron chi connectivity index (χ1n) is 7.50. The van der Waals surface area contributed by atoms with Crippen LogP contribution in [-0.2, 0) is 11.2 Å². The fourth-order valence-electron chi connectivity index (χ4n) is 2.28. The molecule has 0 fully saturated rings. The third-order valence-corrected chi connectivity index (χ3v) is 3.86. The fourth-order valence-corrected chi connectivity index (χ4v) is 2.28. The van der Waals surface area contributed by atoms with Crippen LogP contribution in [0.4, 0.5) is 0 Å². The van der Waals surface area contributed by atoms with E-state index in [1.54, 1.807) is 7.11 Å². The topological polar surface area (TPSA) is 44.5 Å². The molecule has 114 valence electrons. The van der Waals surface area contributed by atoms with E-state index in [1.807, 2.05) is 12.1 Å². The predicted octanol–water partition coefficient (Wildman–Crippen LogP) is 3.25. The first-order valence-corrected chi connectivity index (χ1v) is 7.50. The molecule has 0 saturated carbocycles. The highest BCUT2D eigenvalue weighted by molar-refractivity contribution is 5.31. The molecule has 3 heteroatoms. The van der Waals surface area contributed by atoms with Crippen molar-refractivity contribution in [2.75, 3.05) is 20.3 Å². The van der Waals surface area contributed by atoms with Crippen LogP contribution in [0.15, 0.2) is 48.1 Å². The van der Waals surface area contributed by atoms with Gasteiger partial charge < -0.3 is 15.2 Å². The molecule has 0 bridgehead atoms. The van der Waals surface area contributed by atoms with Gasteiger partial charge >= 0.3 is 0 Å². The van der Waals surface area contributed by atoms with Crippen LogP contribution < -0.4 is 10.5 Å². The quantitative estimate of drug-likeness (QED) is 0.837. The number of benzene rings is 1. The average Bonchev–Trinajstić information content (AvgIpc) is 2.53. The molecule has 3 nitrogen and oxygen atoms in total. The number of aryl methyl sites for hydroxylation is 1. The van der Waals surface area contributed by atoms with E-state index in [4.69, 9.17) is 15.2 Å². The zero-order chi connectivity index (χ0) is 15.1. The van der Waals surface area contributed by atoms with Crippen molar-refractivity contribution in [1.82, 2.24) is 0 Å². The molecule has 1 atom stereocenters. The lowest BCUT2D eigenvalue weighted by atomic mass is 9.94. The van der Waals surface area contributed by atoms with Crippen molar-refractivity contribution in [1.29, 1.82) is 0 Å². The Hall–Kier alpha value is -1.58. The summed E-state index contributed by atoms with van der Waals surface area (Å²) in [5, 5.41) is 0. The van der Waals surface area contributed by atoms with Crippen molar-refractivity contribution in [3.8, 4) is 5.75 Å². The molecule has 1 unspecified atom stereocenters. The second-order valence-electron chi connectivity index (χ2n) is 5.66. The van der Waals surface area contributed by atoms with E-state index < -0.39 is 0 Å². The van der Waals surface area contributed by atoms with Gasteiger partial charge in [0.15, 0.2) is 0 Å². The van der Waals surface area contributed by atoms with Gasteiger partial charge in [-0.15, -0.1) is 0 Å². The highest BCUT2D eigenvalue weighted by Gasteiger charge is 2.21. The molecule has 2 N–H and O–H groups in total. The summed E-state index contributed by atoms with van der Waals surface area (Å²) in [5.41, 5.74) is 7.84. The minimum absolute atomic E-state index is 0.175. The summed E-state index contributed by atoms with van der Waals surface area (Å²) in [6.45, 7) is 3.40. The van der Waals surface area contributed by atoms with Gasteiger partial charge in [-0.1, -0.05) is 30.4 Å². The number of rotatable bonds is 7. The summed E-state index contributed by atoms with van der Waals surface area (Å²) in [6, 6.07) is 8.25. The minimum Gasteiger partial charge on any atom is -0.489 e. The Morgan fingerprint density at radius 1 is 1.33 bits per heavy atom. The summed E-state index contributed by atoms with van der Waals surface area (Å²) in [7, 11) is 1.74. The molecule has 1 aromatic carbocycles. The van der Waals surface area contributed by atoms with Crippen molar-refractivity contribution in [2.24, 2.45) is 5.73 Å². The summed E-state index contributed by atoms with van der Waals surface area (Å²) in [5.74, 6) is 0.916. The van der Waals surface area contributed by atoms with Gasteiger partial charge in [-0.25, -0.2) is 0 Å². The number of hydrogen-bond acceptors (Lipinski definition) is 3. The molecule has 1 aliphatic rings. The standard InChI is InChI=1S/C18H25NO2/c1-18(20-2)10-8-16(9-11-18)14-21-17-7-3-5-15(13-17)6-4-12-19/h3,5,7-10,13H,4,6,11-12,14,19H2,1-2H3. The monoisotopic (exact) mass is 287 g/mol. The van der Waals surface area contributed by atoms with Crippen LogP contribution >= 0.6 is 0 Å². The lowest BCUT2D eigenvalue weighted by molar-refractivity contribution is 0.0500. The number of ether oxygens (including phenoxy) is 2. The Bertz CT molecular complexity index is 522. The molecular weight excluding hydrogens is 262 g/mol. The predicted molar refractivity (Wildman–Crippen MR) is 86.6 cm³/mol. The summed E-state index contributed by atoms with van der Waals surface area (Å²) < 4.78 is 11.3. The number of hydrogen-bond donors (Lipinski definition) is 1. The number of nitrogens with two attached hydrogens (primary N) is 1.